The van der Waals surface area contributed by atoms with Gasteiger partial charge in [-0.25, -0.2) is 19.1 Å². The van der Waals surface area contributed by atoms with Crippen LogP contribution in [0.15, 0.2) is 71.9 Å². The first-order valence-electron chi connectivity index (χ1n) is 25.8. The number of esters is 1. The van der Waals surface area contributed by atoms with Gasteiger partial charge in [0.2, 0.25) is 11.1 Å². The van der Waals surface area contributed by atoms with Crippen molar-refractivity contribution in [2.24, 2.45) is 11.3 Å². The Bertz CT molecular complexity index is 2820. The van der Waals surface area contributed by atoms with Gasteiger partial charge >= 0.3 is 5.97 Å². The summed E-state index contributed by atoms with van der Waals surface area (Å²) in [6.45, 7) is 11.8. The second-order valence-electron chi connectivity index (χ2n) is 21.2. The summed E-state index contributed by atoms with van der Waals surface area (Å²) in [5, 5.41) is 26.2. The second-order valence-corrected chi connectivity index (χ2v) is 22.3. The summed E-state index contributed by atoms with van der Waals surface area (Å²) in [6, 6.07) is 17.5. The smallest absolute Gasteiger partial charge is 0.306 e. The second kappa shape index (κ2) is 22.6. The zero-order valence-corrected chi connectivity index (χ0v) is 44.0. The molecule has 3 aromatic heterocycles. The molecule has 18 nitrogen and oxygen atoms in total. The lowest BCUT2D eigenvalue weighted by atomic mass is 9.59. The van der Waals surface area contributed by atoms with Crippen LogP contribution in [0.1, 0.15) is 112 Å². The van der Waals surface area contributed by atoms with Crippen LogP contribution in [0.2, 0.25) is 0 Å². The molecule has 2 saturated carbocycles. The standard InChI is InChI=1S/C54H70FN9O9S/c1-34(2)39-9-7-8-10-40(39)45-33-62(20-15-48(65)70-5)23-24-64(45)37-28-54(29-37)18-21-63(22-19-54)36-11-12-41(46(25-36)72-47-27-42-43(55)32-58-49(42)59-52(47)71-6)51(66)60-73-74(69)38-26-44(61(4)68)50(57-31-38)56-30-35-13-16-53(3,67)17-14-35/h7-12,25-27,31-32,34-35,37,45,61,67H,13-24,28-30,33H2,1-6H3,(H,56,57)(H,58,59)(H,60,66)/t35-,45-,53-,74?/m0/s1. The van der Waals surface area contributed by atoms with Crippen LogP contribution in [-0.2, 0) is 24.9 Å². The van der Waals surface area contributed by atoms with Crippen molar-refractivity contribution in [3.05, 3.63) is 94.7 Å². The fourth-order valence-electron chi connectivity index (χ4n) is 11.5. The zero-order valence-electron chi connectivity index (χ0n) is 43.2. The molecule has 2 aliphatic heterocycles. The van der Waals surface area contributed by atoms with Gasteiger partial charge in [-0.15, -0.1) is 0 Å². The van der Waals surface area contributed by atoms with Crippen molar-refractivity contribution < 1.29 is 46.9 Å². The van der Waals surface area contributed by atoms with E-state index in [9.17, 15) is 28.5 Å². The van der Waals surface area contributed by atoms with Gasteiger partial charge in [0, 0.05) is 94.2 Å². The van der Waals surface area contributed by atoms with E-state index < -0.39 is 28.4 Å². The highest BCUT2D eigenvalue weighted by Crippen LogP contribution is 2.53. The number of amides is 1. The van der Waals surface area contributed by atoms with Gasteiger partial charge < -0.3 is 44.8 Å². The van der Waals surface area contributed by atoms with Crippen LogP contribution in [0.4, 0.5) is 21.6 Å². The van der Waals surface area contributed by atoms with E-state index in [4.69, 9.17) is 18.5 Å². The number of carbonyl (C=O) groups excluding carboxylic acids is 2. The van der Waals surface area contributed by atoms with E-state index in [1.165, 1.54) is 56.9 Å². The molecule has 9 rings (SSSR count). The number of nitrogens with one attached hydrogen (secondary N) is 4. The Labute approximate surface area is 434 Å². The molecule has 5 heterocycles. The Morgan fingerprint density at radius 2 is 1.78 bits per heavy atom. The topological polar surface area (TPSA) is 211 Å². The Morgan fingerprint density at radius 1 is 1.03 bits per heavy atom. The Morgan fingerprint density at radius 3 is 2.50 bits per heavy atom. The number of fused-ring (bicyclic) bond motifs is 1. The molecule has 0 radical (unpaired) electrons. The average molecular weight is 1040 g/mol. The van der Waals surface area contributed by atoms with Gasteiger partial charge in [0.25, 0.3) is 11.8 Å². The number of aromatic amines is 1. The molecule has 0 bridgehead atoms. The number of H-pyrrole nitrogens is 1. The van der Waals surface area contributed by atoms with Gasteiger partial charge in [-0.3, -0.25) is 19.4 Å². The maximum absolute atomic E-state index is 14.9. The Hall–Kier alpha value is -5.74. The van der Waals surface area contributed by atoms with Crippen LogP contribution in [-0.4, -0.2) is 125 Å². The molecule has 1 spiro atoms. The number of quaternary nitrogens is 1. The van der Waals surface area contributed by atoms with Crippen LogP contribution in [0.25, 0.3) is 11.0 Å². The molecular weight excluding hydrogens is 970 g/mol. The van der Waals surface area contributed by atoms with Crippen molar-refractivity contribution in [1.82, 2.24) is 30.2 Å². The van der Waals surface area contributed by atoms with Gasteiger partial charge in [-0.05, 0) is 98.8 Å². The van der Waals surface area contributed by atoms with Crippen molar-refractivity contribution in [3.8, 4) is 17.4 Å². The number of pyridine rings is 2. The largest absolute Gasteiger partial charge is 0.629 e. The predicted molar refractivity (Wildman–Crippen MR) is 279 cm³/mol. The minimum absolute atomic E-state index is 0.0306. The maximum atomic E-state index is 14.9. The first-order valence-corrected chi connectivity index (χ1v) is 26.9. The average Bonchev–Trinajstić information content (AvgIpc) is 3.76. The van der Waals surface area contributed by atoms with Crippen molar-refractivity contribution >= 4 is 51.2 Å². The van der Waals surface area contributed by atoms with Crippen LogP contribution in [0.5, 0.6) is 17.4 Å². The molecule has 1 amide bonds. The van der Waals surface area contributed by atoms with Gasteiger partial charge in [-0.1, -0.05) is 38.1 Å². The fourth-order valence-corrected chi connectivity index (χ4v) is 12.1. The number of hydrogen-bond donors (Lipinski definition) is 5. The highest BCUT2D eigenvalue weighted by molar-refractivity contribution is 7.80. The summed E-state index contributed by atoms with van der Waals surface area (Å²) < 4.78 is 50.7. The maximum Gasteiger partial charge on any atom is 0.306 e. The fraction of sp³-hybridized carbons (Fsp3) is 0.519. The van der Waals surface area contributed by atoms with E-state index in [2.05, 4.69) is 78.6 Å². The number of ether oxygens (including phenoxy) is 3. The van der Waals surface area contributed by atoms with Gasteiger partial charge in [0.15, 0.2) is 17.3 Å². The van der Waals surface area contributed by atoms with E-state index in [1.807, 2.05) is 13.0 Å². The zero-order chi connectivity index (χ0) is 52.3. The van der Waals surface area contributed by atoms with Gasteiger partial charge in [0.05, 0.1) is 49.1 Å². The lowest BCUT2D eigenvalue weighted by Gasteiger charge is -2.58. The molecule has 4 aliphatic rings. The molecule has 2 aliphatic carbocycles. The van der Waals surface area contributed by atoms with Crippen LogP contribution in [0.3, 0.4) is 0 Å². The summed E-state index contributed by atoms with van der Waals surface area (Å²) in [5.41, 5.74) is 5.88. The quantitative estimate of drug-likeness (QED) is 0.0439. The van der Waals surface area contributed by atoms with E-state index in [1.54, 1.807) is 12.1 Å². The van der Waals surface area contributed by atoms with E-state index in [0.717, 1.165) is 76.9 Å². The third-order valence-electron chi connectivity index (χ3n) is 15.9. The van der Waals surface area contributed by atoms with Gasteiger partial charge in [-0.2, -0.15) is 9.27 Å². The first kappa shape index (κ1) is 53.1. The molecule has 74 heavy (non-hydrogen) atoms. The number of hydroxylamine groups is 2. The number of aromatic nitrogens is 3. The third kappa shape index (κ3) is 11.9. The molecule has 2 aromatic carbocycles. The highest BCUT2D eigenvalue weighted by Gasteiger charge is 2.50. The minimum atomic E-state index is -2.28. The number of benzene rings is 2. The number of carbonyl (C=O) groups is 2. The molecule has 398 valence electrons. The van der Waals surface area contributed by atoms with Crippen molar-refractivity contribution in [2.45, 2.75) is 107 Å². The number of aliphatic hydroxyl groups is 1. The van der Waals surface area contributed by atoms with Gasteiger partial charge in [0.1, 0.15) is 17.2 Å². The highest BCUT2D eigenvalue weighted by atomic mass is 32.2. The number of piperidine rings is 1. The molecule has 2 saturated heterocycles. The Balaban J connectivity index is 0.887. The van der Waals surface area contributed by atoms with Crippen molar-refractivity contribution in [3.63, 3.8) is 0 Å². The summed E-state index contributed by atoms with van der Waals surface area (Å²) in [6.07, 6.45) is 10.1. The number of hydrogen-bond acceptors (Lipinski definition) is 15. The number of halogens is 1. The van der Waals surface area contributed by atoms with E-state index in [0.29, 0.717) is 56.0 Å². The number of anilines is 2. The monoisotopic (exact) mass is 1040 g/mol. The minimum Gasteiger partial charge on any atom is -0.629 e. The lowest BCUT2D eigenvalue weighted by Crippen LogP contribution is -2.98. The summed E-state index contributed by atoms with van der Waals surface area (Å²) in [7, 11) is 4.25. The molecule has 5 aromatic rings. The number of piperazine rings is 1. The van der Waals surface area contributed by atoms with E-state index in [-0.39, 0.29) is 67.0 Å². The molecule has 5 N–H and O–H groups in total. The summed E-state index contributed by atoms with van der Waals surface area (Å²) >= 11 is -2.28. The molecule has 3 atom stereocenters. The van der Waals surface area contributed by atoms with Crippen molar-refractivity contribution in [1.29, 1.82) is 0 Å². The number of nitrogens with zero attached hydrogens (tertiary/aromatic N) is 5. The lowest BCUT2D eigenvalue weighted by molar-refractivity contribution is -0.751. The SMILES string of the molecule is COC(=O)CCN1CCN(C2CC3(CCN(c4ccc(C(=O)NOS(=O)c5cnc(NC[C@H]6CC[C@](C)(O)CC6)c([NH+](C)[O-])c5)c(Oc5cc6c(F)c[nH]c6nc5OC)c4)CC3)C2)[C@H](c2ccccc2C(C)C)C1. The normalized spacial score (nSPS) is 22.3. The van der Waals surface area contributed by atoms with E-state index >= 15 is 0 Å². The summed E-state index contributed by atoms with van der Waals surface area (Å²) in [4.78, 5) is 45.2. The predicted octanol–water partition coefficient (Wildman–Crippen LogP) is 7.07. The third-order valence-corrected chi connectivity index (χ3v) is 16.7. The summed E-state index contributed by atoms with van der Waals surface area (Å²) in [5.74, 6) is -0.247. The molecular formula is C54H70FN9O9S. The number of methoxy groups -OCH3 is 2. The van der Waals surface area contributed by atoms with Crippen molar-refractivity contribution in [2.75, 3.05) is 77.3 Å². The Kier molecular flexibility index (Phi) is 16.2. The number of rotatable bonds is 18. The first-order chi connectivity index (χ1) is 35.5. The van der Waals surface area contributed by atoms with Crippen LogP contribution >= 0.6 is 0 Å². The molecule has 4 fully saturated rings. The van der Waals surface area contributed by atoms with Crippen LogP contribution in [0, 0.1) is 22.4 Å². The van der Waals surface area contributed by atoms with Crippen LogP contribution < -0.4 is 30.2 Å². The molecule has 2 unspecified atom stereocenters. The molecule has 20 heteroatoms.